The maximum Gasteiger partial charge on any atom is 0.407 e. The predicted molar refractivity (Wildman–Crippen MR) is 241 cm³/mol. The Labute approximate surface area is 372 Å². The van der Waals surface area contributed by atoms with Gasteiger partial charge >= 0.3 is 12.2 Å². The standard InChI is InChI=1S/C49H54N8O7/c1-27(2)43(55-49(60)62-6)47(58)57-21-11-15-39(57)46-51-24-36(54-46)31-17-19-34-40(22-31)63-26-35-33-18-16-32(23-41(33)64-44(42(34)35)30-12-8-7-9-13-30)37-25-50-45(53-37)38-14-10-20-56(38)29(4)28(3)52-48(59)61-5/h7-9,12-13,16-19,22-25,27-28,38-39,43-44H,4,10-11,14-15,20-21,26H2,1-3,5-6H3,(H,50,53)(H,51,54)(H,52,59)(H,55,60)/t28-,38-,39-,43-,44?/m0/s1. The van der Waals surface area contributed by atoms with Crippen LogP contribution in [0.4, 0.5) is 9.59 Å². The molecule has 15 nitrogen and oxygen atoms in total. The Morgan fingerprint density at radius 3 is 2.02 bits per heavy atom. The van der Waals surface area contributed by atoms with Gasteiger partial charge in [0.25, 0.3) is 0 Å². The number of benzene rings is 3. The zero-order valence-electron chi connectivity index (χ0n) is 36.8. The van der Waals surface area contributed by atoms with Crippen LogP contribution >= 0.6 is 0 Å². The van der Waals surface area contributed by atoms with E-state index in [4.69, 9.17) is 28.9 Å². The molecule has 9 rings (SSSR count). The molecule has 0 saturated carbocycles. The Kier molecular flexibility index (Phi) is 11.6. The fourth-order valence-electron chi connectivity index (χ4n) is 9.49. The predicted octanol–water partition coefficient (Wildman–Crippen LogP) is 8.34. The number of hydrogen-bond acceptors (Lipinski definition) is 10. The molecule has 5 aromatic rings. The summed E-state index contributed by atoms with van der Waals surface area (Å²) in [6, 6.07) is 21.5. The highest BCUT2D eigenvalue weighted by molar-refractivity contribution is 6.00. The number of imidazole rings is 2. The van der Waals surface area contributed by atoms with Gasteiger partial charge in [-0.25, -0.2) is 19.6 Å². The van der Waals surface area contributed by atoms with Crippen LogP contribution in [-0.4, -0.2) is 93.8 Å². The van der Waals surface area contributed by atoms with Gasteiger partial charge in [-0.15, -0.1) is 0 Å². The molecule has 3 aromatic carbocycles. The number of aromatic amines is 2. The third kappa shape index (κ3) is 7.94. The highest BCUT2D eigenvalue weighted by Crippen LogP contribution is 2.52. The number of amides is 3. The summed E-state index contributed by atoms with van der Waals surface area (Å²) in [5, 5.41) is 5.54. The van der Waals surface area contributed by atoms with Gasteiger partial charge in [0.1, 0.15) is 41.9 Å². The maximum atomic E-state index is 13.7. The van der Waals surface area contributed by atoms with E-state index < -0.39 is 24.3 Å². The molecule has 2 fully saturated rings. The van der Waals surface area contributed by atoms with Gasteiger partial charge in [-0.05, 0) is 56.2 Å². The van der Waals surface area contributed by atoms with E-state index in [1.54, 1.807) is 6.20 Å². The largest absolute Gasteiger partial charge is 0.488 e. The number of carbonyl (C=O) groups is 3. The summed E-state index contributed by atoms with van der Waals surface area (Å²) in [6.07, 6.45) is 5.62. The van der Waals surface area contributed by atoms with Crippen LogP contribution in [0.2, 0.25) is 0 Å². The van der Waals surface area contributed by atoms with E-state index in [1.165, 1.54) is 14.2 Å². The minimum absolute atomic E-state index is 0.00309. The van der Waals surface area contributed by atoms with Crippen molar-refractivity contribution in [2.45, 2.75) is 76.7 Å². The number of H-pyrrole nitrogens is 2. The van der Waals surface area contributed by atoms with Gasteiger partial charge in [-0.1, -0.05) is 75.0 Å². The molecule has 0 bridgehead atoms. The SMILES string of the molecule is C=C([C@H](C)NC(=O)OC)N1CCC[C@H]1c1ncc(-c2ccc3c(c2)OC(c2ccccc2)C2=C3COc3cc(-c4cnc([C@@H]5CCCN5C(=O)[C@@H](NC(=O)OC)C(C)C)[nH]4)ccc32)[nH]1. The molecule has 64 heavy (non-hydrogen) atoms. The third-order valence-corrected chi connectivity index (χ3v) is 12.9. The van der Waals surface area contributed by atoms with Crippen LogP contribution in [0.3, 0.4) is 0 Å². The quantitative estimate of drug-likeness (QED) is 0.101. The maximum absolute atomic E-state index is 13.7. The second kappa shape index (κ2) is 17.6. The molecule has 332 valence electrons. The van der Waals surface area contributed by atoms with E-state index in [0.29, 0.717) is 19.0 Å². The van der Waals surface area contributed by atoms with Crippen molar-refractivity contribution in [1.29, 1.82) is 0 Å². The van der Waals surface area contributed by atoms with E-state index in [2.05, 4.69) is 74.5 Å². The molecule has 4 aliphatic rings. The minimum Gasteiger partial charge on any atom is -0.488 e. The summed E-state index contributed by atoms with van der Waals surface area (Å²) >= 11 is 0. The average molecular weight is 867 g/mol. The molecule has 2 saturated heterocycles. The molecule has 4 N–H and O–H groups in total. The Morgan fingerprint density at radius 2 is 1.38 bits per heavy atom. The van der Waals surface area contributed by atoms with Crippen molar-refractivity contribution in [3.8, 4) is 34.0 Å². The topological polar surface area (TPSA) is 176 Å². The van der Waals surface area contributed by atoms with Crippen LogP contribution in [-0.2, 0) is 14.3 Å². The lowest BCUT2D eigenvalue weighted by atomic mass is 9.83. The van der Waals surface area contributed by atoms with Crippen molar-refractivity contribution in [2.24, 2.45) is 5.92 Å². The van der Waals surface area contributed by atoms with Crippen molar-refractivity contribution < 1.29 is 33.3 Å². The van der Waals surface area contributed by atoms with Gasteiger partial charge in [-0.3, -0.25) is 4.79 Å². The molecule has 0 radical (unpaired) electrons. The van der Waals surface area contributed by atoms with Crippen molar-refractivity contribution in [1.82, 2.24) is 40.4 Å². The summed E-state index contributed by atoms with van der Waals surface area (Å²) in [7, 11) is 2.64. The van der Waals surface area contributed by atoms with Crippen LogP contribution < -0.4 is 20.1 Å². The molecule has 3 amide bonds. The number of likely N-dealkylation sites (tertiary alicyclic amines) is 2. The van der Waals surface area contributed by atoms with Crippen molar-refractivity contribution in [3.05, 3.63) is 120 Å². The number of ether oxygens (including phenoxy) is 4. The second-order valence-corrected chi connectivity index (χ2v) is 17.1. The van der Waals surface area contributed by atoms with Gasteiger partial charge in [0.2, 0.25) is 5.91 Å². The van der Waals surface area contributed by atoms with E-state index in [1.807, 2.05) is 56.1 Å². The molecule has 0 aliphatic carbocycles. The summed E-state index contributed by atoms with van der Waals surface area (Å²) in [6.45, 7) is 11.8. The van der Waals surface area contributed by atoms with Crippen LogP contribution in [0.1, 0.15) is 93.0 Å². The molecule has 4 aliphatic heterocycles. The van der Waals surface area contributed by atoms with Crippen LogP contribution in [0.15, 0.2) is 91.4 Å². The van der Waals surface area contributed by atoms with Crippen molar-refractivity contribution in [3.63, 3.8) is 0 Å². The normalized spacial score (nSPS) is 19.8. The number of hydrogen-bond donors (Lipinski definition) is 4. The van der Waals surface area contributed by atoms with Crippen LogP contribution in [0, 0.1) is 5.92 Å². The lowest BCUT2D eigenvalue weighted by molar-refractivity contribution is -0.135. The number of nitrogens with one attached hydrogen (secondary N) is 4. The number of rotatable bonds is 11. The van der Waals surface area contributed by atoms with Crippen LogP contribution in [0.25, 0.3) is 33.7 Å². The Hall–Kier alpha value is -7.03. The molecule has 2 aromatic heterocycles. The third-order valence-electron chi connectivity index (χ3n) is 12.9. The van der Waals surface area contributed by atoms with Crippen molar-refractivity contribution >= 4 is 29.2 Å². The zero-order valence-corrected chi connectivity index (χ0v) is 36.8. The fraction of sp³-hybridized carbons (Fsp3) is 0.367. The molecule has 1 unspecified atom stereocenters. The number of aromatic nitrogens is 4. The van der Waals surface area contributed by atoms with Crippen LogP contribution in [0.5, 0.6) is 11.5 Å². The number of carbonyl (C=O) groups excluding carboxylic acids is 3. The first-order valence-corrected chi connectivity index (χ1v) is 21.9. The first-order valence-electron chi connectivity index (χ1n) is 21.9. The van der Waals surface area contributed by atoms with Crippen molar-refractivity contribution in [2.75, 3.05) is 33.9 Å². The molecule has 0 spiro atoms. The number of nitrogens with zero attached hydrogens (tertiary/aromatic N) is 4. The Balaban J connectivity index is 0.982. The molecule has 15 heteroatoms. The number of fused-ring (bicyclic) bond motifs is 4. The Bertz CT molecular complexity index is 2620. The lowest BCUT2D eigenvalue weighted by Gasteiger charge is -2.35. The minimum atomic E-state index is -0.711. The van der Waals surface area contributed by atoms with E-state index >= 15 is 0 Å². The summed E-state index contributed by atoms with van der Waals surface area (Å²) in [5.74, 6) is 2.76. The van der Waals surface area contributed by atoms with Gasteiger partial charge in [-0.2, -0.15) is 0 Å². The highest BCUT2D eigenvalue weighted by atomic mass is 16.5. The first kappa shape index (κ1) is 42.3. The summed E-state index contributed by atoms with van der Waals surface area (Å²) < 4.78 is 23.2. The smallest absolute Gasteiger partial charge is 0.407 e. The van der Waals surface area contributed by atoms with E-state index in [0.717, 1.165) is 106 Å². The summed E-state index contributed by atoms with van der Waals surface area (Å²) in [5.41, 5.74) is 9.42. The Morgan fingerprint density at radius 1 is 0.781 bits per heavy atom. The lowest BCUT2D eigenvalue weighted by Crippen LogP contribution is -2.51. The monoisotopic (exact) mass is 866 g/mol. The molecule has 5 atom stereocenters. The summed E-state index contributed by atoms with van der Waals surface area (Å²) in [4.78, 5) is 58.4. The van der Waals surface area contributed by atoms with Gasteiger partial charge in [0.05, 0.1) is 56.1 Å². The average Bonchev–Trinajstić information content (AvgIpc) is 4.17. The van der Waals surface area contributed by atoms with E-state index in [-0.39, 0.29) is 30.0 Å². The van der Waals surface area contributed by atoms with Gasteiger partial charge in [0.15, 0.2) is 0 Å². The zero-order chi connectivity index (χ0) is 44.6. The number of methoxy groups -OCH3 is 2. The number of alkyl carbamates (subject to hydrolysis) is 2. The highest BCUT2D eigenvalue weighted by Gasteiger charge is 2.39. The second-order valence-electron chi connectivity index (χ2n) is 17.1. The molecule has 6 heterocycles. The van der Waals surface area contributed by atoms with Gasteiger partial charge in [0, 0.05) is 52.2 Å². The van der Waals surface area contributed by atoms with Gasteiger partial charge < -0.3 is 49.3 Å². The molecular formula is C49H54N8O7. The molecular weight excluding hydrogens is 813 g/mol. The fourth-order valence-corrected chi connectivity index (χ4v) is 9.49. The van der Waals surface area contributed by atoms with E-state index in [9.17, 15) is 14.4 Å². The first-order chi connectivity index (χ1) is 31.0.